The number of carbonyl (C=O) groups is 2. The van der Waals surface area contributed by atoms with E-state index in [0.29, 0.717) is 12.4 Å². The minimum absolute atomic E-state index is 0.0559. The Morgan fingerprint density at radius 2 is 1.86 bits per heavy atom. The molecule has 1 aromatic rings. The molecule has 112 valence electrons. The first-order valence-corrected chi connectivity index (χ1v) is 6.07. The van der Waals surface area contributed by atoms with Crippen LogP contribution in [0.1, 0.15) is 12.8 Å². The number of hydrogen-bond acceptors (Lipinski definition) is 6. The third kappa shape index (κ3) is 3.59. The normalized spacial score (nSPS) is 12.6. The summed E-state index contributed by atoms with van der Waals surface area (Å²) in [4.78, 5) is 32.3. The van der Waals surface area contributed by atoms with Gasteiger partial charge in [-0.3, -0.25) is 19.7 Å². The Balaban J connectivity index is 2.22. The van der Waals surface area contributed by atoms with E-state index in [2.05, 4.69) is 5.32 Å². The number of amides is 1. The van der Waals surface area contributed by atoms with Crippen LogP contribution in [0.25, 0.3) is 0 Å². The van der Waals surface area contributed by atoms with Gasteiger partial charge in [0.25, 0.3) is 5.69 Å². The molecule has 1 aliphatic heterocycles. The molecule has 1 aromatic carbocycles. The number of rotatable bonds is 5. The first kappa shape index (κ1) is 14.6. The number of carboxylic acids is 1. The molecule has 0 bridgehead atoms. The zero-order valence-corrected chi connectivity index (χ0v) is 10.8. The van der Waals surface area contributed by atoms with E-state index in [1.54, 1.807) is 0 Å². The number of nitro groups is 1. The minimum atomic E-state index is -1.12. The first-order chi connectivity index (χ1) is 9.97. The smallest absolute Gasteiger partial charge is 0.303 e. The van der Waals surface area contributed by atoms with E-state index in [1.807, 2.05) is 0 Å². The molecule has 0 aromatic heterocycles. The third-order valence-electron chi connectivity index (χ3n) is 2.70. The Morgan fingerprint density at radius 3 is 2.43 bits per heavy atom. The van der Waals surface area contributed by atoms with E-state index in [4.69, 9.17) is 14.6 Å². The maximum Gasteiger partial charge on any atom is 0.303 e. The van der Waals surface area contributed by atoms with Crippen molar-refractivity contribution in [3.63, 3.8) is 0 Å². The SMILES string of the molecule is O=C(O)CCC(=O)Nc1cc2c(cc1[N+](=O)[O-])OCCO2. The molecule has 2 rings (SSSR count). The van der Waals surface area contributed by atoms with Gasteiger partial charge in [0.15, 0.2) is 11.5 Å². The van der Waals surface area contributed by atoms with E-state index >= 15 is 0 Å². The molecule has 0 saturated carbocycles. The van der Waals surface area contributed by atoms with Crippen LogP contribution in [0.5, 0.6) is 11.5 Å². The number of nitrogens with one attached hydrogen (secondary N) is 1. The van der Waals surface area contributed by atoms with Crippen LogP contribution in [-0.2, 0) is 9.59 Å². The lowest BCUT2D eigenvalue weighted by atomic mass is 10.2. The molecule has 2 N–H and O–H groups in total. The summed E-state index contributed by atoms with van der Waals surface area (Å²) in [5.74, 6) is -1.23. The summed E-state index contributed by atoms with van der Waals surface area (Å²) in [5.41, 5.74) is -0.400. The van der Waals surface area contributed by atoms with E-state index < -0.39 is 16.8 Å². The number of carboxylic acid groups (broad SMARTS) is 1. The van der Waals surface area contributed by atoms with Gasteiger partial charge in [-0.1, -0.05) is 0 Å². The fourth-order valence-electron chi connectivity index (χ4n) is 1.76. The zero-order chi connectivity index (χ0) is 15.4. The fraction of sp³-hybridized carbons (Fsp3) is 0.333. The molecule has 1 heterocycles. The molecule has 9 heteroatoms. The van der Waals surface area contributed by atoms with Crippen molar-refractivity contribution in [1.82, 2.24) is 0 Å². The first-order valence-electron chi connectivity index (χ1n) is 6.07. The zero-order valence-electron chi connectivity index (χ0n) is 10.8. The number of ether oxygens (including phenoxy) is 2. The van der Waals surface area contributed by atoms with Gasteiger partial charge in [0.1, 0.15) is 18.9 Å². The van der Waals surface area contributed by atoms with Gasteiger partial charge < -0.3 is 19.9 Å². The Kier molecular flexibility index (Phi) is 4.21. The monoisotopic (exact) mass is 296 g/mol. The number of hydrogen-bond donors (Lipinski definition) is 2. The lowest BCUT2D eigenvalue weighted by molar-refractivity contribution is -0.384. The lowest BCUT2D eigenvalue weighted by Gasteiger charge is -2.19. The van der Waals surface area contributed by atoms with Crippen LogP contribution in [0.15, 0.2) is 12.1 Å². The maximum absolute atomic E-state index is 11.6. The van der Waals surface area contributed by atoms with Crippen LogP contribution in [0, 0.1) is 10.1 Å². The highest BCUT2D eigenvalue weighted by atomic mass is 16.6. The molecular formula is C12H12N2O7. The molecule has 0 atom stereocenters. The predicted molar refractivity (Wildman–Crippen MR) is 69.6 cm³/mol. The van der Waals surface area contributed by atoms with Crippen molar-refractivity contribution in [2.24, 2.45) is 0 Å². The molecule has 9 nitrogen and oxygen atoms in total. The fourth-order valence-corrected chi connectivity index (χ4v) is 1.76. The number of nitrogens with zero attached hydrogens (tertiary/aromatic N) is 1. The molecule has 0 fully saturated rings. The molecule has 0 unspecified atom stereocenters. The number of anilines is 1. The average molecular weight is 296 g/mol. The average Bonchev–Trinajstić information content (AvgIpc) is 2.44. The van der Waals surface area contributed by atoms with Crippen LogP contribution in [0.3, 0.4) is 0 Å². The number of benzene rings is 1. The van der Waals surface area contributed by atoms with Crippen molar-refractivity contribution in [3.8, 4) is 11.5 Å². The predicted octanol–water partition coefficient (Wildman–Crippen LogP) is 1.17. The van der Waals surface area contributed by atoms with Crippen molar-refractivity contribution >= 4 is 23.3 Å². The van der Waals surface area contributed by atoms with Crippen LogP contribution in [0.2, 0.25) is 0 Å². The summed E-state index contributed by atoms with van der Waals surface area (Å²) in [6.45, 7) is 0.589. The molecule has 21 heavy (non-hydrogen) atoms. The van der Waals surface area contributed by atoms with E-state index in [-0.39, 0.29) is 36.6 Å². The quantitative estimate of drug-likeness (QED) is 0.616. The second kappa shape index (κ2) is 6.07. The van der Waals surface area contributed by atoms with Gasteiger partial charge in [-0.2, -0.15) is 0 Å². The molecule has 0 aliphatic carbocycles. The van der Waals surface area contributed by atoms with Crippen molar-refractivity contribution in [1.29, 1.82) is 0 Å². The van der Waals surface area contributed by atoms with Gasteiger partial charge in [-0.15, -0.1) is 0 Å². The Morgan fingerprint density at radius 1 is 1.24 bits per heavy atom. The van der Waals surface area contributed by atoms with Crippen LogP contribution in [0.4, 0.5) is 11.4 Å². The van der Waals surface area contributed by atoms with Gasteiger partial charge >= 0.3 is 5.97 Å². The molecule has 0 saturated heterocycles. The number of nitro benzene ring substituents is 1. The maximum atomic E-state index is 11.6. The van der Waals surface area contributed by atoms with Crippen molar-refractivity contribution in [3.05, 3.63) is 22.2 Å². The van der Waals surface area contributed by atoms with Crippen LogP contribution in [-0.4, -0.2) is 35.1 Å². The van der Waals surface area contributed by atoms with E-state index in [0.717, 1.165) is 0 Å². The summed E-state index contributed by atoms with van der Waals surface area (Å²) >= 11 is 0. The highest BCUT2D eigenvalue weighted by Gasteiger charge is 2.23. The highest BCUT2D eigenvalue weighted by molar-refractivity contribution is 5.95. The summed E-state index contributed by atoms with van der Waals surface area (Å²) in [6.07, 6.45) is -0.634. The second-order valence-corrected chi connectivity index (χ2v) is 4.21. The van der Waals surface area contributed by atoms with Gasteiger partial charge in [0.2, 0.25) is 5.91 Å². The molecule has 0 spiro atoms. The number of fused-ring (bicyclic) bond motifs is 1. The summed E-state index contributed by atoms with van der Waals surface area (Å²) in [5, 5.41) is 21.8. The minimum Gasteiger partial charge on any atom is -0.486 e. The van der Waals surface area contributed by atoms with E-state index in [1.165, 1.54) is 12.1 Å². The van der Waals surface area contributed by atoms with Gasteiger partial charge in [0.05, 0.1) is 17.4 Å². The van der Waals surface area contributed by atoms with Crippen molar-refractivity contribution in [2.75, 3.05) is 18.5 Å². The van der Waals surface area contributed by atoms with Gasteiger partial charge in [-0.05, 0) is 0 Å². The molecular weight excluding hydrogens is 284 g/mol. The molecule has 0 radical (unpaired) electrons. The highest BCUT2D eigenvalue weighted by Crippen LogP contribution is 2.39. The summed E-state index contributed by atoms with van der Waals surface area (Å²) in [6, 6.07) is 2.46. The van der Waals surface area contributed by atoms with Crippen molar-refractivity contribution in [2.45, 2.75) is 12.8 Å². The topological polar surface area (TPSA) is 128 Å². The lowest BCUT2D eigenvalue weighted by Crippen LogP contribution is -2.17. The molecule has 1 amide bonds. The standard InChI is InChI=1S/C12H12N2O7/c15-11(1-2-12(16)17)13-7-5-9-10(21-4-3-20-9)6-8(7)14(18)19/h5-6H,1-4H2,(H,13,15)(H,16,17). The number of carbonyl (C=O) groups excluding carboxylic acids is 1. The van der Waals surface area contributed by atoms with Gasteiger partial charge in [-0.25, -0.2) is 0 Å². The van der Waals surface area contributed by atoms with Crippen LogP contribution >= 0.6 is 0 Å². The Hall–Kier alpha value is -2.84. The second-order valence-electron chi connectivity index (χ2n) is 4.21. The van der Waals surface area contributed by atoms with E-state index in [9.17, 15) is 19.7 Å². The molecule has 1 aliphatic rings. The summed E-state index contributed by atoms with van der Waals surface area (Å²) < 4.78 is 10.5. The van der Waals surface area contributed by atoms with Crippen molar-refractivity contribution < 1.29 is 29.1 Å². The third-order valence-corrected chi connectivity index (χ3v) is 2.70. The largest absolute Gasteiger partial charge is 0.486 e. The van der Waals surface area contributed by atoms with Crippen LogP contribution < -0.4 is 14.8 Å². The number of aliphatic carboxylic acids is 1. The Labute approximate surface area is 118 Å². The van der Waals surface area contributed by atoms with Gasteiger partial charge in [0, 0.05) is 12.5 Å². The Bertz CT molecular complexity index is 600. The summed E-state index contributed by atoms with van der Waals surface area (Å²) in [7, 11) is 0.